The van der Waals surface area contributed by atoms with Crippen LogP contribution in [0.2, 0.25) is 10.0 Å². The molecule has 0 aliphatic carbocycles. The molecule has 2 aromatic carbocycles. The highest BCUT2D eigenvalue weighted by molar-refractivity contribution is 7.90. The van der Waals surface area contributed by atoms with Crippen molar-refractivity contribution in [3.8, 4) is 0 Å². The third kappa shape index (κ3) is 4.09. The standard InChI is InChI=1S/C14H12Cl2FNO2S/c1-21(19,20)10-3-5-12(16)14(7-10)18-8-9-2-4-11(15)13(17)6-9/h2-7,18H,8H2,1H3. The van der Waals surface area contributed by atoms with Gasteiger partial charge in [0.15, 0.2) is 9.84 Å². The molecule has 0 aliphatic heterocycles. The smallest absolute Gasteiger partial charge is 0.175 e. The average molecular weight is 348 g/mol. The minimum Gasteiger partial charge on any atom is -0.380 e. The third-order valence-corrected chi connectivity index (χ3v) is 4.58. The Balaban J connectivity index is 2.21. The molecule has 0 radical (unpaired) electrons. The van der Waals surface area contributed by atoms with E-state index in [1.807, 2.05) is 0 Å². The second-order valence-electron chi connectivity index (χ2n) is 4.52. The lowest BCUT2D eigenvalue weighted by Crippen LogP contribution is -2.03. The highest BCUT2D eigenvalue weighted by atomic mass is 35.5. The summed E-state index contributed by atoms with van der Waals surface area (Å²) in [7, 11) is -3.31. The molecule has 21 heavy (non-hydrogen) atoms. The van der Waals surface area contributed by atoms with Gasteiger partial charge in [0, 0.05) is 12.8 Å². The fourth-order valence-corrected chi connectivity index (χ4v) is 2.67. The summed E-state index contributed by atoms with van der Waals surface area (Å²) in [6, 6.07) is 8.83. The predicted octanol–water partition coefficient (Wildman–Crippen LogP) is 4.15. The molecule has 2 rings (SSSR count). The van der Waals surface area contributed by atoms with E-state index < -0.39 is 15.7 Å². The Morgan fingerprint density at radius 3 is 2.38 bits per heavy atom. The minimum atomic E-state index is -3.31. The lowest BCUT2D eigenvalue weighted by atomic mass is 10.2. The number of sulfone groups is 1. The van der Waals surface area contributed by atoms with Gasteiger partial charge in [0.1, 0.15) is 5.82 Å². The number of anilines is 1. The molecule has 7 heteroatoms. The molecule has 0 amide bonds. The molecule has 0 saturated carbocycles. The molecule has 112 valence electrons. The van der Waals surface area contributed by atoms with Crippen molar-refractivity contribution in [1.82, 2.24) is 0 Å². The largest absolute Gasteiger partial charge is 0.380 e. The van der Waals surface area contributed by atoms with Crippen molar-refractivity contribution < 1.29 is 12.8 Å². The van der Waals surface area contributed by atoms with Crippen molar-refractivity contribution in [3.05, 3.63) is 57.8 Å². The molecule has 0 bridgehead atoms. The molecular formula is C14H12Cl2FNO2S. The predicted molar refractivity (Wildman–Crippen MR) is 83.3 cm³/mol. The first-order chi connectivity index (χ1) is 9.77. The third-order valence-electron chi connectivity index (χ3n) is 2.83. The van der Waals surface area contributed by atoms with Crippen LogP contribution >= 0.6 is 23.2 Å². The van der Waals surface area contributed by atoms with Gasteiger partial charge >= 0.3 is 0 Å². The van der Waals surface area contributed by atoms with Gasteiger partial charge in [-0.25, -0.2) is 12.8 Å². The van der Waals surface area contributed by atoms with E-state index in [1.165, 1.54) is 30.3 Å². The highest BCUT2D eigenvalue weighted by Gasteiger charge is 2.10. The normalized spacial score (nSPS) is 11.4. The molecule has 0 spiro atoms. The second-order valence-corrected chi connectivity index (χ2v) is 7.35. The first kappa shape index (κ1) is 16.1. The van der Waals surface area contributed by atoms with Gasteiger partial charge < -0.3 is 5.32 Å². The minimum absolute atomic E-state index is 0.0517. The molecule has 0 aliphatic rings. The molecular weight excluding hydrogens is 336 g/mol. The van der Waals surface area contributed by atoms with Crippen LogP contribution in [-0.4, -0.2) is 14.7 Å². The molecule has 2 aromatic rings. The zero-order valence-electron chi connectivity index (χ0n) is 11.0. The van der Waals surface area contributed by atoms with Crippen LogP contribution in [-0.2, 0) is 16.4 Å². The number of nitrogens with one attached hydrogen (secondary N) is 1. The van der Waals surface area contributed by atoms with Gasteiger partial charge in [-0.2, -0.15) is 0 Å². The topological polar surface area (TPSA) is 46.2 Å². The van der Waals surface area contributed by atoms with E-state index in [4.69, 9.17) is 23.2 Å². The summed E-state index contributed by atoms with van der Waals surface area (Å²) in [4.78, 5) is 0.164. The fourth-order valence-electron chi connectivity index (χ4n) is 1.72. The maximum absolute atomic E-state index is 13.3. The highest BCUT2D eigenvalue weighted by Crippen LogP contribution is 2.26. The van der Waals surface area contributed by atoms with E-state index in [2.05, 4.69) is 5.32 Å². The van der Waals surface area contributed by atoms with Crippen LogP contribution in [0.25, 0.3) is 0 Å². The number of halogens is 3. The second kappa shape index (κ2) is 6.22. The summed E-state index contributed by atoms with van der Waals surface area (Å²) < 4.78 is 36.4. The van der Waals surface area contributed by atoms with Crippen LogP contribution in [0, 0.1) is 5.82 Å². The number of rotatable bonds is 4. The summed E-state index contributed by atoms with van der Waals surface area (Å²) >= 11 is 11.6. The molecule has 0 fully saturated rings. The van der Waals surface area contributed by atoms with Crippen LogP contribution in [0.15, 0.2) is 41.3 Å². The SMILES string of the molecule is CS(=O)(=O)c1ccc(Cl)c(NCc2ccc(Cl)c(F)c2)c1. The average Bonchev–Trinajstić information content (AvgIpc) is 2.40. The summed E-state index contributed by atoms with van der Waals surface area (Å²) in [6.45, 7) is 0.293. The summed E-state index contributed by atoms with van der Waals surface area (Å²) in [5.41, 5.74) is 1.13. The zero-order valence-corrected chi connectivity index (χ0v) is 13.4. The number of hydrogen-bond donors (Lipinski definition) is 1. The maximum atomic E-state index is 13.3. The molecule has 1 N–H and O–H groups in total. The van der Waals surface area contributed by atoms with Gasteiger partial charge in [-0.15, -0.1) is 0 Å². The summed E-state index contributed by atoms with van der Waals surface area (Å²) in [5, 5.41) is 3.42. The van der Waals surface area contributed by atoms with Crippen molar-refractivity contribution in [1.29, 1.82) is 0 Å². The van der Waals surface area contributed by atoms with Gasteiger partial charge in [-0.3, -0.25) is 0 Å². The summed E-state index contributed by atoms with van der Waals surface area (Å²) in [6.07, 6.45) is 1.12. The Morgan fingerprint density at radius 2 is 1.76 bits per heavy atom. The summed E-state index contributed by atoms with van der Waals surface area (Å²) in [5.74, 6) is -0.507. The van der Waals surface area contributed by atoms with E-state index >= 15 is 0 Å². The fraction of sp³-hybridized carbons (Fsp3) is 0.143. The molecule has 0 aromatic heterocycles. The van der Waals surface area contributed by atoms with Crippen LogP contribution in [0.3, 0.4) is 0 Å². The van der Waals surface area contributed by atoms with Crippen LogP contribution < -0.4 is 5.32 Å². The first-order valence-corrected chi connectivity index (χ1v) is 8.59. The monoisotopic (exact) mass is 347 g/mol. The van der Waals surface area contributed by atoms with E-state index in [0.29, 0.717) is 22.8 Å². The van der Waals surface area contributed by atoms with Crippen LogP contribution in [0.5, 0.6) is 0 Å². The van der Waals surface area contributed by atoms with Gasteiger partial charge in [-0.1, -0.05) is 29.3 Å². The Morgan fingerprint density at radius 1 is 1.10 bits per heavy atom. The van der Waals surface area contributed by atoms with Crippen molar-refractivity contribution in [3.63, 3.8) is 0 Å². The van der Waals surface area contributed by atoms with Crippen molar-refractivity contribution in [2.24, 2.45) is 0 Å². The lowest BCUT2D eigenvalue weighted by Gasteiger charge is -2.10. The Kier molecular flexibility index (Phi) is 4.76. The van der Waals surface area contributed by atoms with Gasteiger partial charge in [0.25, 0.3) is 0 Å². The quantitative estimate of drug-likeness (QED) is 0.903. The molecule has 0 heterocycles. The molecule has 3 nitrogen and oxygen atoms in total. The Labute approximate surface area is 132 Å². The first-order valence-electron chi connectivity index (χ1n) is 5.95. The van der Waals surface area contributed by atoms with E-state index in [1.54, 1.807) is 6.07 Å². The Bertz CT molecular complexity index is 779. The van der Waals surface area contributed by atoms with E-state index in [9.17, 15) is 12.8 Å². The molecule has 0 unspecified atom stereocenters. The Hall–Kier alpha value is -1.30. The van der Waals surface area contributed by atoms with Crippen molar-refractivity contribution >= 4 is 38.7 Å². The van der Waals surface area contributed by atoms with Crippen molar-refractivity contribution in [2.45, 2.75) is 11.4 Å². The van der Waals surface area contributed by atoms with Gasteiger partial charge in [0.2, 0.25) is 0 Å². The van der Waals surface area contributed by atoms with Crippen LogP contribution in [0.1, 0.15) is 5.56 Å². The zero-order chi connectivity index (χ0) is 15.6. The maximum Gasteiger partial charge on any atom is 0.175 e. The molecule has 0 saturated heterocycles. The van der Waals surface area contributed by atoms with Crippen LogP contribution in [0.4, 0.5) is 10.1 Å². The van der Waals surface area contributed by atoms with Gasteiger partial charge in [-0.05, 0) is 35.9 Å². The van der Waals surface area contributed by atoms with Crippen molar-refractivity contribution in [2.75, 3.05) is 11.6 Å². The number of benzene rings is 2. The lowest BCUT2D eigenvalue weighted by molar-refractivity contribution is 0.602. The van der Waals surface area contributed by atoms with Gasteiger partial charge in [0.05, 0.1) is 20.6 Å². The number of hydrogen-bond acceptors (Lipinski definition) is 3. The molecule has 0 atom stereocenters. The van der Waals surface area contributed by atoms with E-state index in [0.717, 1.165) is 6.26 Å². The van der Waals surface area contributed by atoms with E-state index in [-0.39, 0.29) is 9.92 Å².